The third-order valence-electron chi connectivity index (χ3n) is 4.78. The highest BCUT2D eigenvalue weighted by atomic mass is 16.4. The lowest BCUT2D eigenvalue weighted by Gasteiger charge is -2.20. The van der Waals surface area contributed by atoms with Gasteiger partial charge in [0, 0.05) is 36.7 Å². The van der Waals surface area contributed by atoms with E-state index in [0.717, 1.165) is 44.7 Å². The molecule has 3 heterocycles. The molecular weight excluding hydrogens is 358 g/mol. The van der Waals surface area contributed by atoms with E-state index >= 15 is 0 Å². The highest BCUT2D eigenvalue weighted by molar-refractivity contribution is 5.89. The normalized spacial score (nSPS) is 15.9. The minimum atomic E-state index is -1.26. The third-order valence-corrected chi connectivity index (χ3v) is 4.78. The average Bonchev–Trinajstić information content (AvgIpc) is 3.09. The number of aliphatic carboxylic acids is 2. The van der Waals surface area contributed by atoms with Crippen LogP contribution in [-0.2, 0) is 22.6 Å². The molecule has 146 valence electrons. The van der Waals surface area contributed by atoms with E-state index in [9.17, 15) is 9.59 Å². The zero-order chi connectivity index (χ0) is 19.9. The van der Waals surface area contributed by atoms with Gasteiger partial charge in [-0.1, -0.05) is 29.8 Å². The van der Waals surface area contributed by atoms with Crippen LogP contribution in [0.25, 0.3) is 5.57 Å². The monoisotopic (exact) mass is 381 g/mol. The van der Waals surface area contributed by atoms with E-state index in [1.165, 1.54) is 16.7 Å². The molecule has 0 aliphatic carbocycles. The first-order valence-corrected chi connectivity index (χ1v) is 9.22. The van der Waals surface area contributed by atoms with Crippen molar-refractivity contribution >= 4 is 17.5 Å². The summed E-state index contributed by atoms with van der Waals surface area (Å²) >= 11 is 0. The quantitative estimate of drug-likeness (QED) is 0.690. The van der Waals surface area contributed by atoms with Crippen LogP contribution in [0, 0.1) is 0 Å². The topological polar surface area (TPSA) is 104 Å². The second-order valence-corrected chi connectivity index (χ2v) is 6.59. The molecule has 0 radical (unpaired) electrons. The third kappa shape index (κ3) is 4.75. The van der Waals surface area contributed by atoms with E-state index in [1.54, 1.807) is 5.57 Å². The summed E-state index contributed by atoms with van der Waals surface area (Å²) in [5, 5.41) is 19.1. The van der Waals surface area contributed by atoms with Gasteiger partial charge in [-0.3, -0.25) is 0 Å². The Labute approximate surface area is 163 Å². The van der Waals surface area contributed by atoms with Crippen LogP contribution in [0.2, 0.25) is 0 Å². The molecule has 0 spiro atoms. The first-order valence-electron chi connectivity index (χ1n) is 9.22. The summed E-state index contributed by atoms with van der Waals surface area (Å²) in [5.41, 5.74) is 5.81. The van der Waals surface area contributed by atoms with Crippen molar-refractivity contribution in [2.45, 2.75) is 25.8 Å². The summed E-state index contributed by atoms with van der Waals surface area (Å²) in [6, 6.07) is 8.84. The zero-order valence-electron chi connectivity index (χ0n) is 15.5. The Bertz CT molecular complexity index is 903. The predicted octanol–water partition coefficient (Wildman–Crippen LogP) is 2.34. The minimum absolute atomic E-state index is 0.558. The van der Waals surface area contributed by atoms with Crippen molar-refractivity contribution in [1.29, 1.82) is 0 Å². The van der Waals surface area contributed by atoms with Crippen LogP contribution in [0.3, 0.4) is 0 Å². The molecule has 0 atom stereocenters. The summed E-state index contributed by atoms with van der Waals surface area (Å²) in [4.78, 5) is 23.8. The summed E-state index contributed by atoms with van der Waals surface area (Å²) in [7, 11) is 0. The van der Waals surface area contributed by atoms with E-state index in [1.807, 2.05) is 6.20 Å². The van der Waals surface area contributed by atoms with Crippen LogP contribution in [-0.4, -0.2) is 44.8 Å². The maximum Gasteiger partial charge on any atom is 0.328 e. The van der Waals surface area contributed by atoms with E-state index in [0.29, 0.717) is 12.2 Å². The number of piperidine rings is 1. The number of fused-ring (bicyclic) bond motifs is 2. The molecule has 4 rings (SSSR count). The van der Waals surface area contributed by atoms with Gasteiger partial charge in [-0.25, -0.2) is 14.6 Å². The number of carboxylic acids is 2. The number of carboxylic acid groups (broad SMARTS) is 2. The largest absolute Gasteiger partial charge is 0.478 e. The van der Waals surface area contributed by atoms with Gasteiger partial charge in [0.15, 0.2) is 0 Å². The van der Waals surface area contributed by atoms with Crippen LogP contribution in [0.4, 0.5) is 0 Å². The molecule has 0 bridgehead atoms. The van der Waals surface area contributed by atoms with Crippen LogP contribution >= 0.6 is 0 Å². The Morgan fingerprint density at radius 2 is 1.71 bits per heavy atom. The molecule has 7 nitrogen and oxygen atoms in total. The molecule has 2 aliphatic rings. The standard InChI is InChI=1S/C17H19N3.C4H4O4/c1-2-4-15-13(3-1)7-11-20-12-10-19-17(20)16(15)14-5-8-18-9-6-14;5-3(6)1-2-4(7)8/h1-4,10,12,18H,5-9,11H2;1-2H,(H,5,6)(H,7,8)/b;2-1+. The lowest BCUT2D eigenvalue weighted by molar-refractivity contribution is -0.134. The molecule has 1 aromatic carbocycles. The van der Waals surface area contributed by atoms with Gasteiger partial charge in [-0.15, -0.1) is 0 Å². The molecule has 1 fully saturated rings. The fourth-order valence-corrected chi connectivity index (χ4v) is 3.53. The van der Waals surface area contributed by atoms with E-state index in [2.05, 4.69) is 45.3 Å². The summed E-state index contributed by atoms with van der Waals surface area (Å²) in [5.74, 6) is -1.35. The summed E-state index contributed by atoms with van der Waals surface area (Å²) in [6.45, 7) is 3.20. The Balaban J connectivity index is 0.000000242. The number of benzene rings is 1. The fraction of sp³-hybridized carbons (Fsp3) is 0.286. The average molecular weight is 381 g/mol. The highest BCUT2D eigenvalue weighted by Gasteiger charge is 2.22. The smallest absolute Gasteiger partial charge is 0.328 e. The molecule has 2 aromatic rings. The molecule has 0 unspecified atom stereocenters. The van der Waals surface area contributed by atoms with Crippen LogP contribution in [0.1, 0.15) is 29.8 Å². The van der Waals surface area contributed by atoms with Crippen LogP contribution < -0.4 is 5.32 Å². The molecule has 7 heteroatoms. The van der Waals surface area contributed by atoms with Crippen molar-refractivity contribution in [3.8, 4) is 0 Å². The molecule has 1 aromatic heterocycles. The fourth-order valence-electron chi connectivity index (χ4n) is 3.53. The number of imidazole rings is 1. The van der Waals surface area contributed by atoms with Gasteiger partial charge in [0.05, 0.1) is 0 Å². The van der Waals surface area contributed by atoms with Crippen molar-refractivity contribution in [1.82, 2.24) is 14.9 Å². The summed E-state index contributed by atoms with van der Waals surface area (Å²) in [6.07, 6.45) is 8.53. The maximum atomic E-state index is 9.55. The van der Waals surface area contributed by atoms with Crippen molar-refractivity contribution in [3.63, 3.8) is 0 Å². The lowest BCUT2D eigenvalue weighted by Crippen LogP contribution is -2.24. The van der Waals surface area contributed by atoms with Crippen molar-refractivity contribution in [2.24, 2.45) is 0 Å². The SMILES string of the molecule is O=C(O)/C=C/C(=O)O.c1ccc2c(c1)CCn1ccnc1C2=C1CCNCC1. The van der Waals surface area contributed by atoms with E-state index in [-0.39, 0.29) is 0 Å². The van der Waals surface area contributed by atoms with E-state index in [4.69, 9.17) is 10.2 Å². The summed E-state index contributed by atoms with van der Waals surface area (Å²) < 4.78 is 2.31. The first-order chi connectivity index (χ1) is 13.6. The molecule has 0 saturated carbocycles. The Morgan fingerprint density at radius 3 is 2.39 bits per heavy atom. The van der Waals surface area contributed by atoms with Crippen molar-refractivity contribution in [2.75, 3.05) is 13.1 Å². The number of carbonyl (C=O) groups is 2. The molecule has 3 N–H and O–H groups in total. The number of hydrogen-bond acceptors (Lipinski definition) is 4. The van der Waals surface area contributed by atoms with Crippen LogP contribution in [0.15, 0.2) is 54.4 Å². The van der Waals surface area contributed by atoms with Gasteiger partial charge in [0.1, 0.15) is 5.82 Å². The van der Waals surface area contributed by atoms with Gasteiger partial charge in [0.25, 0.3) is 0 Å². The molecular formula is C21H23N3O4. The number of aromatic nitrogens is 2. The van der Waals surface area contributed by atoms with Crippen LogP contribution in [0.5, 0.6) is 0 Å². The van der Waals surface area contributed by atoms with Gasteiger partial charge in [0.2, 0.25) is 0 Å². The highest BCUT2D eigenvalue weighted by Crippen LogP contribution is 2.34. The molecule has 1 saturated heterocycles. The first kappa shape index (κ1) is 19.6. The Hall–Kier alpha value is -3.19. The van der Waals surface area contributed by atoms with Crippen molar-refractivity contribution < 1.29 is 19.8 Å². The van der Waals surface area contributed by atoms with Gasteiger partial charge in [-0.05, 0) is 43.5 Å². The lowest BCUT2D eigenvalue weighted by atomic mass is 9.90. The number of rotatable bonds is 2. The number of aryl methyl sites for hydroxylation is 2. The molecule has 28 heavy (non-hydrogen) atoms. The van der Waals surface area contributed by atoms with Crippen molar-refractivity contribution in [3.05, 3.63) is 71.3 Å². The second kappa shape index (κ2) is 9.14. The molecule has 0 amide bonds. The Morgan fingerprint density at radius 1 is 1.04 bits per heavy atom. The minimum Gasteiger partial charge on any atom is -0.478 e. The maximum absolute atomic E-state index is 9.55. The number of hydrogen-bond donors (Lipinski definition) is 3. The second-order valence-electron chi connectivity index (χ2n) is 6.59. The van der Waals surface area contributed by atoms with E-state index < -0.39 is 11.9 Å². The van der Waals surface area contributed by atoms with Gasteiger partial charge >= 0.3 is 11.9 Å². The predicted molar refractivity (Wildman–Crippen MR) is 105 cm³/mol. The number of nitrogens with zero attached hydrogens (tertiary/aromatic N) is 2. The zero-order valence-corrected chi connectivity index (χ0v) is 15.5. The van der Waals surface area contributed by atoms with Gasteiger partial charge < -0.3 is 20.1 Å². The van der Waals surface area contributed by atoms with Gasteiger partial charge in [-0.2, -0.15) is 0 Å². The molecule has 2 aliphatic heterocycles. The Kier molecular flexibility index (Phi) is 6.39. The number of nitrogens with one attached hydrogen (secondary N) is 1.